The van der Waals surface area contributed by atoms with E-state index in [1.54, 1.807) is 6.26 Å². The molecule has 0 fully saturated rings. The predicted octanol–water partition coefficient (Wildman–Crippen LogP) is 0.633. The minimum Gasteiger partial charge on any atom is -0.354 e. The van der Waals surface area contributed by atoms with Crippen molar-refractivity contribution in [2.75, 3.05) is 18.6 Å². The summed E-state index contributed by atoms with van der Waals surface area (Å²) in [5, 5.41) is 4.63. The van der Waals surface area contributed by atoms with Gasteiger partial charge in [-0.1, -0.05) is 6.07 Å². The standard InChI is InChI=1S/C10H16N2O2S2/c1-16(14)7-3-5-12-10(13)9(11)8-4-2-6-15-8/h2,4,6,9H,3,5,7,11H2,1H3,(H,12,13). The maximum absolute atomic E-state index is 11.6. The monoisotopic (exact) mass is 260 g/mol. The molecule has 1 heterocycles. The first-order chi connectivity index (χ1) is 7.61. The molecule has 6 heteroatoms. The number of rotatable bonds is 6. The zero-order valence-electron chi connectivity index (χ0n) is 9.14. The minimum absolute atomic E-state index is 0.177. The smallest absolute Gasteiger partial charge is 0.242 e. The number of amides is 1. The Morgan fingerprint density at radius 3 is 3.00 bits per heavy atom. The highest BCUT2D eigenvalue weighted by Crippen LogP contribution is 2.16. The van der Waals surface area contributed by atoms with Crippen LogP contribution in [-0.2, 0) is 15.6 Å². The van der Waals surface area contributed by atoms with E-state index < -0.39 is 16.8 Å². The minimum atomic E-state index is -0.801. The Labute approximate surface area is 102 Å². The van der Waals surface area contributed by atoms with Gasteiger partial charge in [-0.05, 0) is 17.9 Å². The number of carbonyl (C=O) groups excluding carboxylic acids is 1. The van der Waals surface area contributed by atoms with E-state index in [4.69, 9.17) is 5.73 Å². The molecule has 1 aromatic rings. The fraction of sp³-hybridized carbons (Fsp3) is 0.500. The molecular weight excluding hydrogens is 244 g/mol. The van der Waals surface area contributed by atoms with Gasteiger partial charge < -0.3 is 11.1 Å². The van der Waals surface area contributed by atoms with Gasteiger partial charge >= 0.3 is 0 Å². The first-order valence-electron chi connectivity index (χ1n) is 4.98. The number of thiophene rings is 1. The maximum atomic E-state index is 11.6. The van der Waals surface area contributed by atoms with Gasteiger partial charge in [-0.2, -0.15) is 0 Å². The summed E-state index contributed by atoms with van der Waals surface area (Å²) >= 11 is 1.47. The Balaban J connectivity index is 2.27. The Morgan fingerprint density at radius 1 is 1.69 bits per heavy atom. The number of nitrogens with two attached hydrogens (primary N) is 1. The highest BCUT2D eigenvalue weighted by molar-refractivity contribution is 7.84. The maximum Gasteiger partial charge on any atom is 0.242 e. The van der Waals surface area contributed by atoms with Crippen molar-refractivity contribution in [3.05, 3.63) is 22.4 Å². The summed E-state index contributed by atoms with van der Waals surface area (Å²) in [4.78, 5) is 12.4. The van der Waals surface area contributed by atoms with E-state index in [1.807, 2.05) is 17.5 Å². The molecule has 0 radical (unpaired) electrons. The largest absolute Gasteiger partial charge is 0.354 e. The van der Waals surface area contributed by atoms with Gasteiger partial charge in [0.1, 0.15) is 6.04 Å². The zero-order chi connectivity index (χ0) is 12.0. The second-order valence-corrected chi connectivity index (χ2v) is 5.95. The SMILES string of the molecule is CS(=O)CCCNC(=O)C(N)c1cccs1. The molecule has 0 saturated heterocycles. The quantitative estimate of drug-likeness (QED) is 0.737. The third-order valence-corrected chi connectivity index (χ3v) is 3.86. The summed E-state index contributed by atoms with van der Waals surface area (Å²) in [6.45, 7) is 0.525. The summed E-state index contributed by atoms with van der Waals surface area (Å²) in [5.74, 6) is 0.429. The lowest BCUT2D eigenvalue weighted by Crippen LogP contribution is -2.34. The molecule has 0 aliphatic carbocycles. The van der Waals surface area contributed by atoms with Crippen LogP contribution in [0.25, 0.3) is 0 Å². The van der Waals surface area contributed by atoms with Gasteiger partial charge in [-0.25, -0.2) is 0 Å². The van der Waals surface area contributed by atoms with Gasteiger partial charge in [0.2, 0.25) is 5.91 Å². The van der Waals surface area contributed by atoms with Crippen LogP contribution in [-0.4, -0.2) is 28.7 Å². The van der Waals surface area contributed by atoms with Crippen molar-refractivity contribution in [2.45, 2.75) is 12.5 Å². The normalized spacial score (nSPS) is 14.4. The van der Waals surface area contributed by atoms with Gasteiger partial charge in [-0.15, -0.1) is 11.3 Å². The number of hydrogen-bond donors (Lipinski definition) is 2. The van der Waals surface area contributed by atoms with Crippen molar-refractivity contribution < 1.29 is 9.00 Å². The molecule has 0 saturated carbocycles. The molecule has 1 aromatic heterocycles. The van der Waals surface area contributed by atoms with E-state index >= 15 is 0 Å². The lowest BCUT2D eigenvalue weighted by atomic mass is 10.2. The summed E-state index contributed by atoms with van der Waals surface area (Å²) in [6.07, 6.45) is 2.37. The van der Waals surface area contributed by atoms with Crippen molar-refractivity contribution in [2.24, 2.45) is 5.73 Å². The van der Waals surface area contributed by atoms with Gasteiger partial charge in [0.25, 0.3) is 0 Å². The Bertz CT molecular complexity index is 352. The van der Waals surface area contributed by atoms with Gasteiger partial charge in [0.05, 0.1) is 0 Å². The van der Waals surface area contributed by atoms with E-state index in [2.05, 4.69) is 5.32 Å². The van der Waals surface area contributed by atoms with Crippen LogP contribution in [0.1, 0.15) is 17.3 Å². The van der Waals surface area contributed by atoms with E-state index in [0.29, 0.717) is 18.7 Å². The van der Waals surface area contributed by atoms with Crippen LogP contribution in [0.4, 0.5) is 0 Å². The van der Waals surface area contributed by atoms with Gasteiger partial charge in [0.15, 0.2) is 0 Å². The van der Waals surface area contributed by atoms with Crippen molar-refractivity contribution in [1.82, 2.24) is 5.32 Å². The molecule has 0 aliphatic heterocycles. The number of carbonyl (C=O) groups is 1. The van der Waals surface area contributed by atoms with Crippen LogP contribution in [0.15, 0.2) is 17.5 Å². The summed E-state index contributed by atoms with van der Waals surface area (Å²) < 4.78 is 10.8. The molecular formula is C10H16N2O2S2. The first kappa shape index (κ1) is 13.3. The molecule has 0 spiro atoms. The van der Waals surface area contributed by atoms with Crippen molar-refractivity contribution in [3.63, 3.8) is 0 Å². The highest BCUT2D eigenvalue weighted by Gasteiger charge is 2.15. The van der Waals surface area contributed by atoms with E-state index in [9.17, 15) is 9.00 Å². The van der Waals surface area contributed by atoms with Gasteiger partial charge in [-0.3, -0.25) is 9.00 Å². The Kier molecular flexibility index (Phi) is 5.65. The molecule has 3 N–H and O–H groups in total. The van der Waals surface area contributed by atoms with E-state index in [-0.39, 0.29) is 5.91 Å². The molecule has 0 bridgehead atoms. The number of nitrogens with one attached hydrogen (secondary N) is 1. The third kappa shape index (κ3) is 4.42. The molecule has 2 atom stereocenters. The van der Waals surface area contributed by atoms with Crippen LogP contribution in [0.2, 0.25) is 0 Å². The van der Waals surface area contributed by atoms with Crippen molar-refractivity contribution in [3.8, 4) is 0 Å². The second kappa shape index (κ2) is 6.78. The lowest BCUT2D eigenvalue weighted by molar-refractivity contribution is -0.122. The fourth-order valence-corrected chi connectivity index (χ4v) is 2.47. The topological polar surface area (TPSA) is 72.2 Å². The molecule has 90 valence electrons. The summed E-state index contributed by atoms with van der Waals surface area (Å²) in [5.41, 5.74) is 5.76. The second-order valence-electron chi connectivity index (χ2n) is 3.41. The molecule has 0 aliphatic rings. The van der Waals surface area contributed by atoms with E-state index in [1.165, 1.54) is 11.3 Å². The first-order valence-corrected chi connectivity index (χ1v) is 7.58. The third-order valence-electron chi connectivity index (χ3n) is 2.04. The Morgan fingerprint density at radius 2 is 2.44 bits per heavy atom. The highest BCUT2D eigenvalue weighted by atomic mass is 32.2. The summed E-state index contributed by atoms with van der Waals surface area (Å²) in [7, 11) is -0.801. The average Bonchev–Trinajstić information content (AvgIpc) is 2.76. The molecule has 16 heavy (non-hydrogen) atoms. The van der Waals surface area contributed by atoms with Crippen molar-refractivity contribution in [1.29, 1.82) is 0 Å². The average molecular weight is 260 g/mol. The number of hydrogen-bond acceptors (Lipinski definition) is 4. The van der Waals surface area contributed by atoms with Crippen LogP contribution in [0.5, 0.6) is 0 Å². The van der Waals surface area contributed by atoms with Crippen LogP contribution >= 0.6 is 11.3 Å². The van der Waals surface area contributed by atoms with E-state index in [0.717, 1.165) is 4.88 Å². The van der Waals surface area contributed by atoms with Gasteiger partial charge in [0, 0.05) is 34.2 Å². The lowest BCUT2D eigenvalue weighted by Gasteiger charge is -2.10. The molecule has 4 nitrogen and oxygen atoms in total. The summed E-state index contributed by atoms with van der Waals surface area (Å²) in [6, 6.07) is 3.12. The predicted molar refractivity (Wildman–Crippen MR) is 67.8 cm³/mol. The molecule has 2 unspecified atom stereocenters. The fourth-order valence-electron chi connectivity index (χ4n) is 1.19. The van der Waals surface area contributed by atoms with Crippen LogP contribution in [0, 0.1) is 0 Å². The van der Waals surface area contributed by atoms with Crippen LogP contribution < -0.4 is 11.1 Å². The Hall–Kier alpha value is -0.720. The van der Waals surface area contributed by atoms with Crippen LogP contribution in [0.3, 0.4) is 0 Å². The molecule has 1 rings (SSSR count). The molecule has 1 amide bonds. The zero-order valence-corrected chi connectivity index (χ0v) is 10.8. The molecule has 0 aromatic carbocycles. The van der Waals surface area contributed by atoms with Crippen molar-refractivity contribution >= 4 is 28.0 Å².